The summed E-state index contributed by atoms with van der Waals surface area (Å²) in [5, 5.41) is 15.6. The lowest BCUT2D eigenvalue weighted by molar-refractivity contribution is -0.126. The highest BCUT2D eigenvalue weighted by Gasteiger charge is 2.08. The van der Waals surface area contributed by atoms with Crippen LogP contribution >= 0.6 is 0 Å². The van der Waals surface area contributed by atoms with Crippen LogP contribution in [0.4, 0.5) is 0 Å². The number of hydrogen-bond donors (Lipinski definition) is 2. The minimum absolute atomic E-state index is 0.0236. The minimum Gasteiger partial charge on any atom is -0.476 e. The first-order valence-corrected chi connectivity index (χ1v) is 7.32. The van der Waals surface area contributed by atoms with Gasteiger partial charge in [-0.05, 0) is 23.8 Å². The zero-order valence-electron chi connectivity index (χ0n) is 13.3. The van der Waals surface area contributed by atoms with Crippen molar-refractivity contribution in [2.24, 2.45) is 0 Å². The summed E-state index contributed by atoms with van der Waals surface area (Å²) in [5.41, 5.74) is 1.55. The standard InChI is InChI=1S/C16H19N3O5/c1-23-7-8-24-11-15(20)17-10-12-3-2-4-13(9-12)19-6-5-14(18-19)16(21)22/h2-6,9H,7-8,10-11H2,1H3,(H,17,20)(H,21,22). The maximum atomic E-state index is 11.7. The molecule has 1 aromatic carbocycles. The smallest absolute Gasteiger partial charge is 0.356 e. The Bertz CT molecular complexity index is 699. The number of ether oxygens (including phenoxy) is 2. The number of carboxylic acids is 1. The number of nitrogens with one attached hydrogen (secondary N) is 1. The van der Waals surface area contributed by atoms with E-state index in [-0.39, 0.29) is 18.2 Å². The van der Waals surface area contributed by atoms with Crippen molar-refractivity contribution >= 4 is 11.9 Å². The number of carboxylic acid groups (broad SMARTS) is 1. The first-order valence-electron chi connectivity index (χ1n) is 7.32. The van der Waals surface area contributed by atoms with Gasteiger partial charge in [0, 0.05) is 19.9 Å². The number of hydrogen-bond acceptors (Lipinski definition) is 5. The van der Waals surface area contributed by atoms with Crippen LogP contribution in [0.1, 0.15) is 16.1 Å². The fourth-order valence-electron chi connectivity index (χ4n) is 1.95. The van der Waals surface area contributed by atoms with Crippen molar-refractivity contribution in [1.82, 2.24) is 15.1 Å². The number of aromatic carboxylic acids is 1. The van der Waals surface area contributed by atoms with E-state index in [9.17, 15) is 9.59 Å². The highest BCUT2D eigenvalue weighted by atomic mass is 16.5. The predicted molar refractivity (Wildman–Crippen MR) is 85.1 cm³/mol. The van der Waals surface area contributed by atoms with Gasteiger partial charge in [-0.2, -0.15) is 5.10 Å². The van der Waals surface area contributed by atoms with Gasteiger partial charge in [0.25, 0.3) is 0 Å². The Morgan fingerprint density at radius 3 is 2.83 bits per heavy atom. The average Bonchev–Trinajstić information content (AvgIpc) is 3.08. The summed E-state index contributed by atoms with van der Waals surface area (Å²) in [4.78, 5) is 22.5. The molecule has 0 aliphatic carbocycles. The van der Waals surface area contributed by atoms with E-state index in [0.717, 1.165) is 5.56 Å². The zero-order valence-corrected chi connectivity index (χ0v) is 13.3. The molecule has 0 aliphatic heterocycles. The van der Waals surface area contributed by atoms with Crippen molar-refractivity contribution < 1.29 is 24.2 Å². The van der Waals surface area contributed by atoms with Gasteiger partial charge in [0.2, 0.25) is 5.91 Å². The second kappa shape index (κ2) is 8.80. The van der Waals surface area contributed by atoms with E-state index in [1.807, 2.05) is 18.2 Å². The molecule has 1 aromatic heterocycles. The van der Waals surface area contributed by atoms with Gasteiger partial charge in [-0.15, -0.1) is 0 Å². The molecule has 0 aliphatic rings. The first kappa shape index (κ1) is 17.6. The van der Waals surface area contributed by atoms with Crippen LogP contribution in [-0.2, 0) is 20.8 Å². The molecule has 0 unspecified atom stereocenters. The van der Waals surface area contributed by atoms with E-state index < -0.39 is 5.97 Å². The normalized spacial score (nSPS) is 10.5. The van der Waals surface area contributed by atoms with E-state index in [4.69, 9.17) is 14.6 Å². The van der Waals surface area contributed by atoms with Crippen molar-refractivity contribution in [3.63, 3.8) is 0 Å². The third kappa shape index (κ3) is 5.18. The molecule has 0 fully saturated rings. The molecule has 2 rings (SSSR count). The number of benzene rings is 1. The summed E-state index contributed by atoms with van der Waals surface area (Å²) in [6.45, 7) is 1.12. The fraction of sp³-hybridized carbons (Fsp3) is 0.312. The number of rotatable bonds is 9. The zero-order chi connectivity index (χ0) is 17.4. The Morgan fingerprint density at radius 2 is 2.12 bits per heavy atom. The van der Waals surface area contributed by atoms with Gasteiger partial charge >= 0.3 is 5.97 Å². The number of amides is 1. The quantitative estimate of drug-likeness (QED) is 0.660. The molecular weight excluding hydrogens is 314 g/mol. The molecule has 24 heavy (non-hydrogen) atoms. The fourth-order valence-corrected chi connectivity index (χ4v) is 1.95. The average molecular weight is 333 g/mol. The maximum absolute atomic E-state index is 11.7. The summed E-state index contributed by atoms with van der Waals surface area (Å²) in [6.07, 6.45) is 1.57. The Balaban J connectivity index is 1.90. The second-order valence-corrected chi connectivity index (χ2v) is 4.94. The molecule has 1 amide bonds. The van der Waals surface area contributed by atoms with Gasteiger partial charge in [0.15, 0.2) is 5.69 Å². The van der Waals surface area contributed by atoms with Crippen molar-refractivity contribution in [2.45, 2.75) is 6.54 Å². The molecule has 2 N–H and O–H groups in total. The van der Waals surface area contributed by atoms with Crippen molar-refractivity contribution in [1.29, 1.82) is 0 Å². The maximum Gasteiger partial charge on any atom is 0.356 e. The molecule has 0 saturated heterocycles. The molecule has 8 nitrogen and oxygen atoms in total. The number of nitrogens with zero attached hydrogens (tertiary/aromatic N) is 2. The van der Waals surface area contributed by atoms with Crippen molar-refractivity contribution in [3.8, 4) is 5.69 Å². The Labute approximate surface area is 139 Å². The van der Waals surface area contributed by atoms with Crippen molar-refractivity contribution in [2.75, 3.05) is 26.9 Å². The molecule has 128 valence electrons. The van der Waals surface area contributed by atoms with E-state index >= 15 is 0 Å². The molecule has 0 bridgehead atoms. The molecule has 1 heterocycles. The van der Waals surface area contributed by atoms with Crippen LogP contribution in [0.3, 0.4) is 0 Å². The monoisotopic (exact) mass is 333 g/mol. The van der Waals surface area contributed by atoms with E-state index in [2.05, 4.69) is 10.4 Å². The first-order chi connectivity index (χ1) is 11.6. The van der Waals surface area contributed by atoms with E-state index in [1.54, 1.807) is 19.4 Å². The number of methoxy groups -OCH3 is 1. The Kier molecular flexibility index (Phi) is 6.47. The highest BCUT2D eigenvalue weighted by Crippen LogP contribution is 2.10. The lowest BCUT2D eigenvalue weighted by Gasteiger charge is -2.08. The Morgan fingerprint density at radius 1 is 1.29 bits per heavy atom. The lowest BCUT2D eigenvalue weighted by atomic mass is 10.2. The molecular formula is C16H19N3O5. The highest BCUT2D eigenvalue weighted by molar-refractivity contribution is 5.85. The van der Waals surface area contributed by atoms with E-state index in [1.165, 1.54) is 10.7 Å². The van der Waals surface area contributed by atoms with Crippen LogP contribution < -0.4 is 5.32 Å². The van der Waals surface area contributed by atoms with Crippen molar-refractivity contribution in [3.05, 3.63) is 47.8 Å². The molecule has 0 radical (unpaired) electrons. The van der Waals surface area contributed by atoms with Crippen LogP contribution in [0.2, 0.25) is 0 Å². The molecule has 2 aromatic rings. The largest absolute Gasteiger partial charge is 0.476 e. The van der Waals surface area contributed by atoms with Gasteiger partial charge < -0.3 is 19.9 Å². The van der Waals surface area contributed by atoms with Gasteiger partial charge in [0.1, 0.15) is 6.61 Å². The summed E-state index contributed by atoms with van der Waals surface area (Å²) in [5.74, 6) is -1.30. The van der Waals surface area contributed by atoms with Crippen LogP contribution in [-0.4, -0.2) is 53.7 Å². The summed E-state index contributed by atoms with van der Waals surface area (Å²) >= 11 is 0. The predicted octanol–water partition coefficient (Wildman–Crippen LogP) is 0.850. The molecule has 0 atom stereocenters. The minimum atomic E-state index is -1.08. The van der Waals surface area contributed by atoms with Gasteiger partial charge in [-0.1, -0.05) is 12.1 Å². The lowest BCUT2D eigenvalue weighted by Crippen LogP contribution is -2.27. The molecule has 8 heteroatoms. The summed E-state index contributed by atoms with van der Waals surface area (Å²) in [7, 11) is 1.56. The van der Waals surface area contributed by atoms with Crippen LogP contribution in [0, 0.1) is 0 Å². The third-order valence-electron chi connectivity index (χ3n) is 3.14. The second-order valence-electron chi connectivity index (χ2n) is 4.94. The number of carbonyl (C=O) groups excluding carboxylic acids is 1. The van der Waals surface area contributed by atoms with Gasteiger partial charge in [0.05, 0.1) is 18.9 Å². The van der Waals surface area contributed by atoms with E-state index in [0.29, 0.717) is 25.4 Å². The number of carbonyl (C=O) groups is 2. The van der Waals surface area contributed by atoms with Crippen LogP contribution in [0.25, 0.3) is 5.69 Å². The SMILES string of the molecule is COCCOCC(=O)NCc1cccc(-n2ccc(C(=O)O)n2)c1. The summed E-state index contributed by atoms with van der Waals surface area (Å²) < 4.78 is 11.4. The summed E-state index contributed by atoms with van der Waals surface area (Å²) in [6, 6.07) is 8.72. The number of aromatic nitrogens is 2. The Hall–Kier alpha value is -2.71. The van der Waals surface area contributed by atoms with Gasteiger partial charge in [-0.3, -0.25) is 4.79 Å². The third-order valence-corrected chi connectivity index (χ3v) is 3.14. The van der Waals surface area contributed by atoms with Gasteiger partial charge in [-0.25, -0.2) is 9.48 Å². The molecule has 0 saturated carbocycles. The topological polar surface area (TPSA) is 103 Å². The van der Waals surface area contributed by atoms with Crippen LogP contribution in [0.15, 0.2) is 36.5 Å². The molecule has 0 spiro atoms. The van der Waals surface area contributed by atoms with Crippen LogP contribution in [0.5, 0.6) is 0 Å².